The summed E-state index contributed by atoms with van der Waals surface area (Å²) in [6.07, 6.45) is 3.16. The van der Waals surface area contributed by atoms with Crippen LogP contribution in [0.1, 0.15) is 22.2 Å². The van der Waals surface area contributed by atoms with Crippen molar-refractivity contribution in [2.24, 2.45) is 0 Å². The molecule has 1 amide bonds. The Kier molecular flexibility index (Phi) is 4.67. The average Bonchev–Trinajstić information content (AvgIpc) is 3.33. The minimum atomic E-state index is -0.828. The zero-order valence-corrected chi connectivity index (χ0v) is 17.6. The van der Waals surface area contributed by atoms with Crippen LogP contribution in [0.3, 0.4) is 0 Å². The Morgan fingerprint density at radius 2 is 1.81 bits per heavy atom. The third-order valence-corrected chi connectivity index (χ3v) is 5.70. The molecule has 1 N–H and O–H groups in total. The molecule has 0 bridgehead atoms. The number of benzene rings is 2. The number of aromatic nitrogens is 1. The van der Waals surface area contributed by atoms with E-state index in [1.165, 1.54) is 4.90 Å². The van der Waals surface area contributed by atoms with Gasteiger partial charge in [-0.25, -0.2) is 0 Å². The van der Waals surface area contributed by atoms with Crippen LogP contribution < -0.4 is 4.90 Å². The van der Waals surface area contributed by atoms with Gasteiger partial charge in [0, 0.05) is 27.9 Å². The van der Waals surface area contributed by atoms with E-state index in [0.717, 1.165) is 9.86 Å². The Labute approximate surface area is 185 Å². The van der Waals surface area contributed by atoms with E-state index in [0.29, 0.717) is 16.8 Å². The van der Waals surface area contributed by atoms with Gasteiger partial charge >= 0.3 is 0 Å². The molecule has 0 spiro atoms. The summed E-state index contributed by atoms with van der Waals surface area (Å²) in [5.41, 5.74) is 1.71. The van der Waals surface area contributed by atoms with Crippen molar-refractivity contribution in [2.45, 2.75) is 6.04 Å². The number of hydrogen-bond donors (Lipinski definition) is 1. The fourth-order valence-corrected chi connectivity index (χ4v) is 4.20. The number of ketones is 1. The third kappa shape index (κ3) is 3.23. The molecule has 1 aliphatic heterocycles. The first-order valence-corrected chi connectivity index (χ1v) is 10.3. The van der Waals surface area contributed by atoms with Crippen LogP contribution >= 0.6 is 15.9 Å². The van der Waals surface area contributed by atoms with E-state index in [9.17, 15) is 14.7 Å². The maximum Gasteiger partial charge on any atom is 0.294 e. The lowest BCUT2D eigenvalue weighted by molar-refractivity contribution is -0.117. The Morgan fingerprint density at radius 1 is 1.03 bits per heavy atom. The molecule has 31 heavy (non-hydrogen) atoms. The molecule has 0 saturated carbocycles. The summed E-state index contributed by atoms with van der Waals surface area (Å²) < 4.78 is 6.49. The number of aliphatic hydroxyl groups is 1. The van der Waals surface area contributed by atoms with Crippen LogP contribution in [0, 0.1) is 0 Å². The van der Waals surface area contributed by atoms with Gasteiger partial charge in [-0.1, -0.05) is 40.2 Å². The van der Waals surface area contributed by atoms with Gasteiger partial charge in [-0.15, -0.1) is 0 Å². The second-order valence-corrected chi connectivity index (χ2v) is 7.99. The largest absolute Gasteiger partial charge is 0.503 e. The number of para-hydroxylation sites is 1. The number of furan rings is 1. The van der Waals surface area contributed by atoms with Gasteiger partial charge in [0.05, 0.1) is 11.6 Å². The highest BCUT2D eigenvalue weighted by Crippen LogP contribution is 2.42. The SMILES string of the molecule is O=C(C1=C(O)C(=O)N(c2cccc(Br)c2)C1c1ccncc1)c1cc2ccccc2o1. The van der Waals surface area contributed by atoms with Crippen molar-refractivity contribution < 1.29 is 19.1 Å². The van der Waals surface area contributed by atoms with Crippen LogP contribution in [-0.4, -0.2) is 21.8 Å². The molecule has 0 saturated heterocycles. The van der Waals surface area contributed by atoms with Gasteiger partial charge in [-0.2, -0.15) is 0 Å². The van der Waals surface area contributed by atoms with Gasteiger partial charge in [0.15, 0.2) is 11.5 Å². The summed E-state index contributed by atoms with van der Waals surface area (Å²) in [7, 11) is 0. The second kappa shape index (κ2) is 7.52. The zero-order valence-electron chi connectivity index (χ0n) is 16.0. The highest BCUT2D eigenvalue weighted by molar-refractivity contribution is 9.10. The van der Waals surface area contributed by atoms with Crippen LogP contribution in [0.15, 0.2) is 99.3 Å². The van der Waals surface area contributed by atoms with E-state index in [4.69, 9.17) is 4.42 Å². The third-order valence-electron chi connectivity index (χ3n) is 5.21. The summed E-state index contributed by atoms with van der Waals surface area (Å²) in [6.45, 7) is 0. The highest BCUT2D eigenvalue weighted by Gasteiger charge is 2.45. The number of rotatable bonds is 4. The molecular formula is C24H15BrN2O4. The molecule has 6 nitrogen and oxygen atoms in total. The summed E-state index contributed by atoms with van der Waals surface area (Å²) in [5.74, 6) is -1.72. The molecule has 0 aliphatic carbocycles. The Bertz CT molecular complexity index is 1330. The number of halogens is 1. The van der Waals surface area contributed by atoms with Crippen LogP contribution in [0.5, 0.6) is 0 Å². The van der Waals surface area contributed by atoms with Gasteiger partial charge in [-0.3, -0.25) is 19.5 Å². The molecule has 2 aromatic heterocycles. The lowest BCUT2D eigenvalue weighted by Crippen LogP contribution is -2.31. The van der Waals surface area contributed by atoms with E-state index in [1.807, 2.05) is 24.3 Å². The predicted octanol–water partition coefficient (Wildman–Crippen LogP) is 5.37. The monoisotopic (exact) mass is 474 g/mol. The number of aliphatic hydroxyl groups excluding tert-OH is 1. The molecule has 152 valence electrons. The Balaban J connectivity index is 1.67. The minimum absolute atomic E-state index is 0.0322. The first-order valence-electron chi connectivity index (χ1n) is 9.50. The van der Waals surface area contributed by atoms with Crippen LogP contribution in [-0.2, 0) is 4.79 Å². The highest BCUT2D eigenvalue weighted by atomic mass is 79.9. The summed E-state index contributed by atoms with van der Waals surface area (Å²) in [6, 6.07) is 18.6. The van der Waals surface area contributed by atoms with Gasteiger partial charge in [-0.05, 0) is 48.0 Å². The van der Waals surface area contributed by atoms with Crippen LogP contribution in [0.25, 0.3) is 11.0 Å². The van der Waals surface area contributed by atoms with Gasteiger partial charge in [0.25, 0.3) is 5.91 Å². The van der Waals surface area contributed by atoms with E-state index < -0.39 is 23.5 Å². The molecule has 2 aromatic carbocycles. The van der Waals surface area contributed by atoms with Crippen molar-refractivity contribution in [2.75, 3.05) is 4.90 Å². The molecule has 0 fully saturated rings. The van der Waals surface area contributed by atoms with Gasteiger partial charge in [0.1, 0.15) is 5.58 Å². The lowest BCUT2D eigenvalue weighted by atomic mass is 9.95. The van der Waals surface area contributed by atoms with Gasteiger partial charge < -0.3 is 9.52 Å². The maximum absolute atomic E-state index is 13.5. The molecule has 1 aliphatic rings. The Morgan fingerprint density at radius 3 is 2.55 bits per heavy atom. The smallest absolute Gasteiger partial charge is 0.294 e. The first kappa shape index (κ1) is 19.3. The van der Waals surface area contributed by atoms with Gasteiger partial charge in [0.2, 0.25) is 5.78 Å². The maximum atomic E-state index is 13.5. The topological polar surface area (TPSA) is 83.6 Å². The molecule has 3 heterocycles. The molecule has 7 heteroatoms. The standard InChI is InChI=1S/C24H15BrN2O4/c25-16-5-3-6-17(13-16)27-21(14-8-10-26-11-9-14)20(23(29)24(27)30)22(28)19-12-15-4-1-2-7-18(15)31-19/h1-13,21,29H. The molecular weight excluding hydrogens is 460 g/mol. The number of pyridine rings is 1. The predicted molar refractivity (Wildman–Crippen MR) is 119 cm³/mol. The number of anilines is 1. The van der Waals surface area contributed by atoms with E-state index >= 15 is 0 Å². The van der Waals surface area contributed by atoms with Crippen molar-refractivity contribution in [1.82, 2.24) is 4.98 Å². The van der Waals surface area contributed by atoms with Crippen molar-refractivity contribution in [3.05, 3.63) is 106 Å². The fraction of sp³-hybridized carbons (Fsp3) is 0.0417. The number of fused-ring (bicyclic) bond motifs is 1. The van der Waals surface area contributed by atoms with E-state index in [-0.39, 0.29) is 11.3 Å². The number of amides is 1. The number of Topliss-reactive ketones (excluding diaryl/α,β-unsaturated/α-hetero) is 1. The fourth-order valence-electron chi connectivity index (χ4n) is 3.82. The number of nitrogens with zero attached hydrogens (tertiary/aromatic N) is 2. The summed E-state index contributed by atoms with van der Waals surface area (Å²) >= 11 is 3.41. The number of hydrogen-bond acceptors (Lipinski definition) is 5. The minimum Gasteiger partial charge on any atom is -0.503 e. The van der Waals surface area contributed by atoms with Crippen LogP contribution in [0.2, 0.25) is 0 Å². The van der Waals surface area contributed by atoms with Crippen LogP contribution in [0.4, 0.5) is 5.69 Å². The zero-order chi connectivity index (χ0) is 21.5. The first-order chi connectivity index (χ1) is 15.0. The van der Waals surface area contributed by atoms with Crippen molar-refractivity contribution >= 4 is 44.3 Å². The second-order valence-electron chi connectivity index (χ2n) is 7.08. The molecule has 5 rings (SSSR count). The number of carbonyl (C=O) groups excluding carboxylic acids is 2. The van der Waals surface area contributed by atoms with E-state index in [1.54, 1.807) is 54.9 Å². The Hall–Kier alpha value is -3.71. The van der Waals surface area contributed by atoms with E-state index in [2.05, 4.69) is 20.9 Å². The molecule has 1 unspecified atom stereocenters. The normalized spacial score (nSPS) is 16.4. The quantitative estimate of drug-likeness (QED) is 0.401. The molecule has 1 atom stereocenters. The summed E-state index contributed by atoms with van der Waals surface area (Å²) in [4.78, 5) is 32.0. The van der Waals surface area contributed by atoms with Crippen molar-refractivity contribution in [3.63, 3.8) is 0 Å². The number of carbonyl (C=O) groups is 2. The van der Waals surface area contributed by atoms with Crippen molar-refractivity contribution in [3.8, 4) is 0 Å². The molecule has 4 aromatic rings. The van der Waals surface area contributed by atoms with Crippen molar-refractivity contribution in [1.29, 1.82) is 0 Å². The average molecular weight is 475 g/mol. The molecule has 0 radical (unpaired) electrons. The summed E-state index contributed by atoms with van der Waals surface area (Å²) in [5, 5.41) is 11.6. The lowest BCUT2D eigenvalue weighted by Gasteiger charge is -2.26.